The van der Waals surface area contributed by atoms with E-state index in [1.54, 1.807) is 7.11 Å². The largest absolute Gasteiger partial charge is 0.497 e. The van der Waals surface area contributed by atoms with Crippen LogP contribution in [0, 0.1) is 0 Å². The first-order valence-corrected chi connectivity index (χ1v) is 6.67. The number of ether oxygens (including phenoxy) is 2. The summed E-state index contributed by atoms with van der Waals surface area (Å²) in [5.74, 6) is -0.0768. The summed E-state index contributed by atoms with van der Waals surface area (Å²) in [7, 11) is 1.65. The first-order valence-electron chi connectivity index (χ1n) is 6.67. The fourth-order valence-corrected chi connectivity index (χ4v) is 2.51. The Morgan fingerprint density at radius 3 is 2.50 bits per heavy atom. The Balaban J connectivity index is 1.89. The minimum Gasteiger partial charge on any atom is -0.497 e. The zero-order chi connectivity index (χ0) is 14.8. The van der Waals surface area contributed by atoms with Gasteiger partial charge in [0.15, 0.2) is 0 Å². The molecule has 20 heavy (non-hydrogen) atoms. The average molecular weight is 279 g/mol. The second-order valence-electron chi connectivity index (χ2n) is 5.49. The summed E-state index contributed by atoms with van der Waals surface area (Å²) < 4.78 is 10.6. The molecule has 0 aliphatic carbocycles. The van der Waals surface area contributed by atoms with Gasteiger partial charge in [-0.1, -0.05) is 12.1 Å². The van der Waals surface area contributed by atoms with E-state index in [0.29, 0.717) is 0 Å². The second kappa shape index (κ2) is 5.81. The summed E-state index contributed by atoms with van der Waals surface area (Å²) in [4.78, 5) is 12.8. The molecule has 1 saturated heterocycles. The van der Waals surface area contributed by atoms with Gasteiger partial charge >= 0.3 is 5.97 Å². The van der Waals surface area contributed by atoms with Gasteiger partial charge in [0.1, 0.15) is 12.4 Å². The van der Waals surface area contributed by atoms with E-state index in [-0.39, 0.29) is 18.2 Å². The highest BCUT2D eigenvalue weighted by atomic mass is 16.5. The molecule has 1 aromatic rings. The second-order valence-corrected chi connectivity index (χ2v) is 5.49. The smallest absolute Gasteiger partial charge is 0.329 e. The van der Waals surface area contributed by atoms with E-state index in [0.717, 1.165) is 18.8 Å². The van der Waals surface area contributed by atoms with E-state index in [2.05, 4.69) is 24.0 Å². The first kappa shape index (κ1) is 14.8. The highest BCUT2D eigenvalue weighted by Crippen LogP contribution is 2.33. The van der Waals surface area contributed by atoms with Crippen molar-refractivity contribution in [3.63, 3.8) is 0 Å². The molecule has 1 unspecified atom stereocenters. The SMILES string of the molecule is COc1ccc(C(C)N2CC(C)(OCC(=O)O)C2)cc1. The highest BCUT2D eigenvalue weighted by molar-refractivity contribution is 5.68. The minimum absolute atomic E-state index is 0.235. The Morgan fingerprint density at radius 2 is 2.00 bits per heavy atom. The van der Waals surface area contributed by atoms with Gasteiger partial charge in [-0.15, -0.1) is 0 Å². The van der Waals surface area contributed by atoms with Crippen LogP contribution < -0.4 is 4.74 Å². The molecular weight excluding hydrogens is 258 g/mol. The van der Waals surface area contributed by atoms with Crippen LogP contribution in [0.1, 0.15) is 25.5 Å². The molecule has 0 spiro atoms. The van der Waals surface area contributed by atoms with Gasteiger partial charge < -0.3 is 14.6 Å². The minimum atomic E-state index is -0.923. The number of nitrogens with zero attached hydrogens (tertiary/aromatic N) is 1. The van der Waals surface area contributed by atoms with Crippen molar-refractivity contribution >= 4 is 5.97 Å². The fourth-order valence-electron chi connectivity index (χ4n) is 2.51. The third-order valence-corrected chi connectivity index (χ3v) is 3.77. The number of carboxylic acid groups (broad SMARTS) is 1. The number of carboxylic acids is 1. The molecule has 1 aromatic carbocycles. The van der Waals surface area contributed by atoms with Crippen molar-refractivity contribution in [3.8, 4) is 5.75 Å². The highest BCUT2D eigenvalue weighted by Gasteiger charge is 2.42. The summed E-state index contributed by atoms with van der Waals surface area (Å²) in [5.41, 5.74) is 0.866. The zero-order valence-electron chi connectivity index (χ0n) is 12.1. The van der Waals surface area contributed by atoms with Crippen molar-refractivity contribution in [1.82, 2.24) is 4.90 Å². The van der Waals surface area contributed by atoms with Gasteiger partial charge in [0, 0.05) is 19.1 Å². The molecule has 5 heteroatoms. The van der Waals surface area contributed by atoms with Gasteiger partial charge in [0.25, 0.3) is 0 Å². The summed E-state index contributed by atoms with van der Waals surface area (Å²) >= 11 is 0. The standard InChI is InChI=1S/C15H21NO4/c1-11(12-4-6-13(19-3)7-5-12)16-9-15(2,10-16)20-8-14(17)18/h4-7,11H,8-10H2,1-3H3,(H,17,18). The van der Waals surface area contributed by atoms with Gasteiger partial charge in [-0.25, -0.2) is 4.79 Å². The Morgan fingerprint density at radius 1 is 1.40 bits per heavy atom. The maximum atomic E-state index is 10.5. The van der Waals surface area contributed by atoms with Crippen LogP contribution in [0.3, 0.4) is 0 Å². The zero-order valence-corrected chi connectivity index (χ0v) is 12.1. The third-order valence-electron chi connectivity index (χ3n) is 3.77. The molecule has 1 atom stereocenters. The Bertz CT molecular complexity index is 465. The van der Waals surface area contributed by atoms with Gasteiger partial charge in [0.2, 0.25) is 0 Å². The van der Waals surface area contributed by atoms with Crippen LogP contribution in [0.5, 0.6) is 5.75 Å². The predicted octanol–water partition coefficient (Wildman–Crippen LogP) is 1.93. The molecular formula is C15H21NO4. The van der Waals surface area contributed by atoms with Gasteiger partial charge in [-0.3, -0.25) is 4.90 Å². The van der Waals surface area contributed by atoms with Crippen LogP contribution in [-0.2, 0) is 9.53 Å². The lowest BCUT2D eigenvalue weighted by molar-refractivity contribution is -0.169. The van der Waals surface area contributed by atoms with Crippen LogP contribution in [0.4, 0.5) is 0 Å². The fraction of sp³-hybridized carbons (Fsp3) is 0.533. The monoisotopic (exact) mass is 279 g/mol. The summed E-state index contributed by atoms with van der Waals surface area (Å²) in [6.07, 6.45) is 0. The van der Waals surface area contributed by atoms with E-state index in [9.17, 15) is 4.79 Å². The van der Waals surface area contributed by atoms with Crippen LogP contribution in [0.25, 0.3) is 0 Å². The molecule has 0 saturated carbocycles. The molecule has 0 aromatic heterocycles. The number of hydrogen-bond donors (Lipinski definition) is 1. The third kappa shape index (κ3) is 3.29. The molecule has 0 amide bonds. The molecule has 1 heterocycles. The number of methoxy groups -OCH3 is 1. The number of likely N-dealkylation sites (tertiary alicyclic amines) is 1. The molecule has 0 radical (unpaired) electrons. The van der Waals surface area contributed by atoms with Crippen LogP contribution in [-0.4, -0.2) is 48.4 Å². The maximum Gasteiger partial charge on any atom is 0.329 e. The van der Waals surface area contributed by atoms with E-state index >= 15 is 0 Å². The number of benzene rings is 1. The summed E-state index contributed by atoms with van der Waals surface area (Å²) in [6, 6.07) is 8.29. The number of hydrogen-bond acceptors (Lipinski definition) is 4. The number of rotatable bonds is 6. The van der Waals surface area contributed by atoms with E-state index in [1.807, 2.05) is 19.1 Å². The van der Waals surface area contributed by atoms with Gasteiger partial charge in [-0.2, -0.15) is 0 Å². The Labute approximate surface area is 119 Å². The van der Waals surface area contributed by atoms with E-state index < -0.39 is 5.97 Å². The first-order chi connectivity index (χ1) is 9.43. The molecule has 2 rings (SSSR count). The van der Waals surface area contributed by atoms with Crippen LogP contribution >= 0.6 is 0 Å². The van der Waals surface area contributed by atoms with Crippen molar-refractivity contribution in [2.24, 2.45) is 0 Å². The van der Waals surface area contributed by atoms with Crippen molar-refractivity contribution in [3.05, 3.63) is 29.8 Å². The molecule has 5 nitrogen and oxygen atoms in total. The van der Waals surface area contributed by atoms with E-state index in [1.165, 1.54) is 5.56 Å². The Hall–Kier alpha value is -1.59. The van der Waals surface area contributed by atoms with Crippen molar-refractivity contribution in [2.45, 2.75) is 25.5 Å². The van der Waals surface area contributed by atoms with Crippen molar-refractivity contribution < 1.29 is 19.4 Å². The molecule has 0 bridgehead atoms. The normalized spacial score (nSPS) is 19.1. The van der Waals surface area contributed by atoms with Crippen molar-refractivity contribution in [1.29, 1.82) is 0 Å². The quantitative estimate of drug-likeness (QED) is 0.862. The summed E-state index contributed by atoms with van der Waals surface area (Å²) in [5, 5.41) is 8.65. The predicted molar refractivity (Wildman–Crippen MR) is 75.0 cm³/mol. The molecule has 1 N–H and O–H groups in total. The van der Waals surface area contributed by atoms with Crippen LogP contribution in [0.2, 0.25) is 0 Å². The topological polar surface area (TPSA) is 59.0 Å². The van der Waals surface area contributed by atoms with Gasteiger partial charge in [0.05, 0.1) is 12.7 Å². The lowest BCUT2D eigenvalue weighted by Crippen LogP contribution is -2.62. The lowest BCUT2D eigenvalue weighted by Gasteiger charge is -2.50. The van der Waals surface area contributed by atoms with Gasteiger partial charge in [-0.05, 0) is 31.5 Å². The molecule has 110 valence electrons. The van der Waals surface area contributed by atoms with Crippen molar-refractivity contribution in [2.75, 3.05) is 26.8 Å². The van der Waals surface area contributed by atoms with Crippen LogP contribution in [0.15, 0.2) is 24.3 Å². The van der Waals surface area contributed by atoms with E-state index in [4.69, 9.17) is 14.6 Å². The number of carbonyl (C=O) groups is 1. The maximum absolute atomic E-state index is 10.5. The molecule has 1 fully saturated rings. The lowest BCUT2D eigenvalue weighted by atomic mass is 9.92. The molecule has 1 aliphatic heterocycles. The average Bonchev–Trinajstić information content (AvgIpc) is 2.41. The Kier molecular flexibility index (Phi) is 4.30. The molecule has 1 aliphatic rings. The summed E-state index contributed by atoms with van der Waals surface area (Å²) in [6.45, 7) is 5.34. The number of aliphatic carboxylic acids is 1.